The molecule has 0 saturated heterocycles. The van der Waals surface area contributed by atoms with Gasteiger partial charge in [0.2, 0.25) is 0 Å². The summed E-state index contributed by atoms with van der Waals surface area (Å²) in [4.78, 5) is 0. The Morgan fingerprint density at radius 3 is 1.00 bits per heavy atom. The van der Waals surface area contributed by atoms with Gasteiger partial charge in [-0.1, -0.05) is 44.9 Å². The van der Waals surface area contributed by atoms with Gasteiger partial charge in [-0.05, 0) is 0 Å². The summed E-state index contributed by atoms with van der Waals surface area (Å²) < 4.78 is 0. The Hall–Kier alpha value is 1.03. The van der Waals surface area contributed by atoms with Crippen LogP contribution in [0.25, 0.3) is 0 Å². The Bertz CT molecular complexity index is 81.6. The van der Waals surface area contributed by atoms with E-state index in [0.29, 0.717) is 0 Å². The van der Waals surface area contributed by atoms with Crippen molar-refractivity contribution in [3.05, 3.63) is 0 Å². The SMILES string of the molecule is C[Si](C)(C)C[Si](C)(C)C.[H-].[Li+]. The van der Waals surface area contributed by atoms with Crippen molar-refractivity contribution in [2.24, 2.45) is 0 Å². The van der Waals surface area contributed by atoms with Crippen LogP contribution in [0.3, 0.4) is 0 Å². The van der Waals surface area contributed by atoms with E-state index in [0.717, 1.165) is 0 Å². The first-order chi connectivity index (χ1) is 3.71. The van der Waals surface area contributed by atoms with Crippen LogP contribution in [0.15, 0.2) is 0 Å². The van der Waals surface area contributed by atoms with Gasteiger partial charge in [-0.2, -0.15) is 0 Å². The van der Waals surface area contributed by atoms with Crippen LogP contribution < -0.4 is 18.9 Å². The minimum absolute atomic E-state index is 0. The molecular weight excluding hydrogens is 147 g/mol. The maximum absolute atomic E-state index is 2.46. The second-order valence-electron chi connectivity index (χ2n) is 5.30. The topological polar surface area (TPSA) is 0 Å². The van der Waals surface area contributed by atoms with E-state index in [-0.39, 0.29) is 20.3 Å². The molecule has 0 rings (SSSR count). The summed E-state index contributed by atoms with van der Waals surface area (Å²) in [5.74, 6) is 0. The van der Waals surface area contributed by atoms with Crippen LogP contribution in [0.5, 0.6) is 0 Å². The standard InChI is InChI=1S/C7H20Si2.Li.H/c1-8(2,3)7-9(4,5)6;;/h7H2,1-6H3;;/q;+1;-1. The van der Waals surface area contributed by atoms with Crippen molar-refractivity contribution in [3.8, 4) is 0 Å². The molecule has 0 unspecified atom stereocenters. The molecule has 0 radical (unpaired) electrons. The molecule has 0 atom stereocenters. The molecule has 0 fully saturated rings. The van der Waals surface area contributed by atoms with Crippen LogP contribution in [-0.4, -0.2) is 16.1 Å². The van der Waals surface area contributed by atoms with E-state index in [1.54, 1.807) is 5.67 Å². The summed E-state index contributed by atoms with van der Waals surface area (Å²) in [5, 5.41) is 0. The average Bonchev–Trinajstić information content (AvgIpc) is 1.14. The summed E-state index contributed by atoms with van der Waals surface area (Å²) >= 11 is 0. The molecule has 0 aromatic rings. The zero-order valence-corrected chi connectivity index (χ0v) is 10.7. The Labute approximate surface area is 81.5 Å². The van der Waals surface area contributed by atoms with Crippen LogP contribution in [0.2, 0.25) is 44.9 Å². The van der Waals surface area contributed by atoms with Crippen molar-refractivity contribution in [3.63, 3.8) is 0 Å². The van der Waals surface area contributed by atoms with Gasteiger partial charge in [0, 0.05) is 16.1 Å². The van der Waals surface area contributed by atoms with Gasteiger partial charge >= 0.3 is 18.9 Å². The minimum atomic E-state index is -0.731. The number of hydrogen-bond donors (Lipinski definition) is 0. The van der Waals surface area contributed by atoms with E-state index in [1.165, 1.54) is 0 Å². The predicted octanol–water partition coefficient (Wildman–Crippen LogP) is 0.318. The van der Waals surface area contributed by atoms with Gasteiger partial charge in [-0.3, -0.25) is 0 Å². The molecule has 3 heteroatoms. The zero-order valence-electron chi connectivity index (χ0n) is 9.71. The Morgan fingerprint density at radius 1 is 0.800 bits per heavy atom. The first kappa shape index (κ1) is 13.6. The zero-order chi connectivity index (χ0) is 7.71. The first-order valence-electron chi connectivity index (χ1n) is 3.71. The summed E-state index contributed by atoms with van der Waals surface area (Å²) in [6.45, 7) is 14.8. The molecule has 10 heavy (non-hydrogen) atoms. The molecule has 0 aromatic carbocycles. The van der Waals surface area contributed by atoms with Gasteiger partial charge in [-0.25, -0.2) is 0 Å². The number of hydrogen-bond acceptors (Lipinski definition) is 0. The van der Waals surface area contributed by atoms with Crippen LogP contribution in [0.4, 0.5) is 0 Å². The molecule has 0 bridgehead atoms. The van der Waals surface area contributed by atoms with Gasteiger partial charge in [0.15, 0.2) is 0 Å². The molecule has 0 nitrogen and oxygen atoms in total. The van der Waals surface area contributed by atoms with Crippen molar-refractivity contribution >= 4 is 16.1 Å². The van der Waals surface area contributed by atoms with Crippen molar-refractivity contribution in [1.29, 1.82) is 0 Å². The third kappa shape index (κ3) is 11.8. The van der Waals surface area contributed by atoms with Gasteiger partial charge in [0.25, 0.3) is 0 Å². The molecule has 0 N–H and O–H groups in total. The summed E-state index contributed by atoms with van der Waals surface area (Å²) in [7, 11) is -1.46. The minimum Gasteiger partial charge on any atom is -1.00 e. The second kappa shape index (κ2) is 4.16. The molecule has 0 spiro atoms. The van der Waals surface area contributed by atoms with Crippen molar-refractivity contribution in [2.45, 2.75) is 44.9 Å². The number of rotatable bonds is 2. The summed E-state index contributed by atoms with van der Waals surface area (Å²) in [6.07, 6.45) is 0. The van der Waals surface area contributed by atoms with Crippen molar-refractivity contribution in [2.75, 3.05) is 0 Å². The molecule has 0 aliphatic carbocycles. The van der Waals surface area contributed by atoms with Gasteiger partial charge in [0.1, 0.15) is 0 Å². The third-order valence-electron chi connectivity index (χ3n) is 1.06. The van der Waals surface area contributed by atoms with Crippen LogP contribution in [0, 0.1) is 0 Å². The Morgan fingerprint density at radius 2 is 1.00 bits per heavy atom. The maximum atomic E-state index is 2.46. The fourth-order valence-electron chi connectivity index (χ4n) is 1.59. The Kier molecular flexibility index (Phi) is 5.66. The molecule has 0 aromatic heterocycles. The van der Waals surface area contributed by atoms with Crippen molar-refractivity contribution in [1.82, 2.24) is 0 Å². The molecule has 0 heterocycles. The summed E-state index contributed by atoms with van der Waals surface area (Å²) in [6, 6.07) is 0. The average molecular weight is 168 g/mol. The molecule has 58 valence electrons. The smallest absolute Gasteiger partial charge is 1.00 e. The van der Waals surface area contributed by atoms with Gasteiger partial charge in [-0.15, -0.1) is 0 Å². The van der Waals surface area contributed by atoms with Crippen LogP contribution >= 0.6 is 0 Å². The van der Waals surface area contributed by atoms with Gasteiger partial charge in [0.05, 0.1) is 0 Å². The first-order valence-corrected chi connectivity index (χ1v) is 11.1. The van der Waals surface area contributed by atoms with Crippen molar-refractivity contribution < 1.29 is 20.3 Å². The maximum Gasteiger partial charge on any atom is 1.00 e. The van der Waals surface area contributed by atoms with Crippen LogP contribution in [0.1, 0.15) is 1.43 Å². The van der Waals surface area contributed by atoms with E-state index in [2.05, 4.69) is 39.3 Å². The van der Waals surface area contributed by atoms with E-state index in [9.17, 15) is 0 Å². The Balaban J connectivity index is -0.000000320. The fraction of sp³-hybridized carbons (Fsp3) is 1.00. The molecule has 0 aliphatic heterocycles. The fourth-order valence-corrected chi connectivity index (χ4v) is 14.3. The quantitative estimate of drug-likeness (QED) is 0.521. The molecule has 0 saturated carbocycles. The van der Waals surface area contributed by atoms with E-state index >= 15 is 0 Å². The van der Waals surface area contributed by atoms with E-state index < -0.39 is 16.1 Å². The molecule has 0 aliphatic rings. The monoisotopic (exact) mass is 168 g/mol. The van der Waals surface area contributed by atoms with E-state index in [4.69, 9.17) is 0 Å². The normalized spacial score (nSPS) is 12.6. The summed E-state index contributed by atoms with van der Waals surface area (Å²) in [5.41, 5.74) is 1.57. The molecular formula is C7H21LiSi2. The largest absolute Gasteiger partial charge is 1.00 e. The van der Waals surface area contributed by atoms with Crippen LogP contribution in [-0.2, 0) is 0 Å². The third-order valence-corrected chi connectivity index (χ3v) is 9.55. The van der Waals surface area contributed by atoms with Gasteiger partial charge < -0.3 is 1.43 Å². The predicted molar refractivity (Wildman–Crippen MR) is 52.6 cm³/mol. The second-order valence-corrected chi connectivity index (χ2v) is 17.0. The van der Waals surface area contributed by atoms with E-state index in [1.807, 2.05) is 0 Å². The molecule has 0 amide bonds.